The Balaban J connectivity index is 2.30. The summed E-state index contributed by atoms with van der Waals surface area (Å²) in [5.41, 5.74) is 0. The zero-order valence-corrected chi connectivity index (χ0v) is 50.1. The van der Waals surface area contributed by atoms with Crippen LogP contribution in [0.4, 0.5) is 0 Å². The Hall–Kier alpha value is -2.19. The first-order chi connectivity index (χ1) is 38.2. The second kappa shape index (κ2) is 55.3. The van der Waals surface area contributed by atoms with Crippen molar-refractivity contribution < 1.29 is 50.0 Å². The summed E-state index contributed by atoms with van der Waals surface area (Å²) in [6.07, 6.45) is 61.4. The summed E-state index contributed by atoms with van der Waals surface area (Å²) in [6.45, 7) is 3.46. The highest BCUT2D eigenvalue weighted by molar-refractivity contribution is 5.80. The number of ether oxygens (including phenoxy) is 2. The predicted molar refractivity (Wildman–Crippen MR) is 325 cm³/mol. The molecule has 9 unspecified atom stereocenters. The van der Waals surface area contributed by atoms with Crippen LogP contribution in [0.1, 0.15) is 290 Å². The minimum absolute atomic E-state index is 0.238. The summed E-state index contributed by atoms with van der Waals surface area (Å²) in [7, 11) is 0. The fourth-order valence-corrected chi connectivity index (χ4v) is 10.2. The van der Waals surface area contributed by atoms with E-state index in [9.17, 15) is 40.5 Å². The van der Waals surface area contributed by atoms with Crippen LogP contribution < -0.4 is 5.32 Å². The zero-order chi connectivity index (χ0) is 56.8. The molecular formula is C67H123NO10. The maximum Gasteiger partial charge on any atom is 0.249 e. The van der Waals surface area contributed by atoms with Gasteiger partial charge in [-0.3, -0.25) is 4.79 Å². The number of hydrogen-bond acceptors (Lipinski definition) is 10. The average Bonchev–Trinajstić information content (AvgIpc) is 3.46. The van der Waals surface area contributed by atoms with Crippen LogP contribution in [0.15, 0.2) is 60.8 Å². The van der Waals surface area contributed by atoms with E-state index in [0.29, 0.717) is 19.3 Å². The molecule has 11 nitrogen and oxygen atoms in total. The molecule has 1 aliphatic heterocycles. The smallest absolute Gasteiger partial charge is 0.249 e. The largest absolute Gasteiger partial charge is 0.394 e. The number of carbonyl (C=O) groups excluding carboxylic acids is 1. The van der Waals surface area contributed by atoms with E-state index in [2.05, 4.69) is 79.9 Å². The summed E-state index contributed by atoms with van der Waals surface area (Å²) in [6, 6.07) is -1.20. The normalized spacial score (nSPS) is 19.8. The molecule has 1 heterocycles. The molecule has 0 radical (unpaired) electrons. The van der Waals surface area contributed by atoms with Crippen LogP contribution in [-0.4, -0.2) is 110 Å². The van der Waals surface area contributed by atoms with Gasteiger partial charge in [-0.1, -0.05) is 254 Å². The van der Waals surface area contributed by atoms with Crippen molar-refractivity contribution in [2.45, 2.75) is 345 Å². The van der Waals surface area contributed by atoms with Crippen molar-refractivity contribution in [3.8, 4) is 0 Å². The molecule has 1 aliphatic rings. The number of aliphatic hydroxyl groups is 7. The van der Waals surface area contributed by atoms with Gasteiger partial charge in [0.05, 0.1) is 25.4 Å². The molecule has 9 atom stereocenters. The fourth-order valence-electron chi connectivity index (χ4n) is 10.2. The van der Waals surface area contributed by atoms with Crippen LogP contribution in [0.2, 0.25) is 0 Å². The highest BCUT2D eigenvalue weighted by Gasteiger charge is 2.44. The first kappa shape index (κ1) is 73.8. The molecule has 1 saturated heterocycles. The van der Waals surface area contributed by atoms with Crippen molar-refractivity contribution in [2.75, 3.05) is 13.2 Å². The van der Waals surface area contributed by atoms with Crippen LogP contribution in [0.3, 0.4) is 0 Å². The molecule has 0 aromatic rings. The van der Waals surface area contributed by atoms with Crippen molar-refractivity contribution >= 4 is 5.91 Å². The van der Waals surface area contributed by atoms with Crippen LogP contribution >= 0.6 is 0 Å². The molecule has 11 heteroatoms. The average molecular weight is 1100 g/mol. The monoisotopic (exact) mass is 1100 g/mol. The van der Waals surface area contributed by atoms with Crippen molar-refractivity contribution in [1.29, 1.82) is 0 Å². The highest BCUT2D eigenvalue weighted by Crippen LogP contribution is 2.23. The van der Waals surface area contributed by atoms with Gasteiger partial charge in [0.15, 0.2) is 6.29 Å². The number of allylic oxidation sites excluding steroid dienone is 10. The third kappa shape index (κ3) is 42.6. The van der Waals surface area contributed by atoms with Gasteiger partial charge in [-0.05, 0) is 96.3 Å². The number of nitrogens with one attached hydrogen (secondary N) is 1. The Morgan fingerprint density at radius 3 is 1.22 bits per heavy atom. The molecule has 0 bridgehead atoms. The molecule has 0 saturated carbocycles. The first-order valence-corrected chi connectivity index (χ1v) is 32.7. The van der Waals surface area contributed by atoms with E-state index in [4.69, 9.17) is 9.47 Å². The van der Waals surface area contributed by atoms with Gasteiger partial charge >= 0.3 is 0 Å². The summed E-state index contributed by atoms with van der Waals surface area (Å²) < 4.78 is 11.2. The van der Waals surface area contributed by atoms with Crippen LogP contribution in [0.25, 0.3) is 0 Å². The quantitative estimate of drug-likeness (QED) is 0.0215. The number of aliphatic hydroxyl groups excluding tert-OH is 7. The van der Waals surface area contributed by atoms with Gasteiger partial charge in [0.2, 0.25) is 5.91 Å². The van der Waals surface area contributed by atoms with E-state index < -0.39 is 74.2 Å². The number of amides is 1. The maximum atomic E-state index is 13.2. The lowest BCUT2D eigenvalue weighted by Crippen LogP contribution is -2.60. The Labute approximate surface area is 478 Å². The summed E-state index contributed by atoms with van der Waals surface area (Å²) >= 11 is 0. The Morgan fingerprint density at radius 2 is 0.808 bits per heavy atom. The Kier molecular flexibility index (Phi) is 52.4. The van der Waals surface area contributed by atoms with Crippen LogP contribution in [-0.2, 0) is 14.3 Å². The van der Waals surface area contributed by atoms with E-state index in [1.165, 1.54) is 180 Å². The minimum Gasteiger partial charge on any atom is -0.394 e. The molecular weight excluding hydrogens is 979 g/mol. The van der Waals surface area contributed by atoms with Crippen molar-refractivity contribution in [3.63, 3.8) is 0 Å². The molecule has 0 spiro atoms. The number of hydrogen-bond donors (Lipinski definition) is 8. The summed E-state index contributed by atoms with van der Waals surface area (Å²) in [5, 5.41) is 76.3. The lowest BCUT2D eigenvalue weighted by Gasteiger charge is -2.40. The lowest BCUT2D eigenvalue weighted by atomic mass is 9.98. The Morgan fingerprint density at radius 1 is 0.449 bits per heavy atom. The number of rotatable bonds is 56. The molecule has 0 aromatic heterocycles. The second-order valence-corrected chi connectivity index (χ2v) is 22.8. The van der Waals surface area contributed by atoms with E-state index >= 15 is 0 Å². The molecule has 8 N–H and O–H groups in total. The fraction of sp³-hybridized carbons (Fsp3) is 0.836. The van der Waals surface area contributed by atoms with Gasteiger partial charge in [-0.25, -0.2) is 0 Å². The van der Waals surface area contributed by atoms with Crippen molar-refractivity contribution in [3.05, 3.63) is 60.8 Å². The van der Waals surface area contributed by atoms with Crippen molar-refractivity contribution in [2.24, 2.45) is 0 Å². The van der Waals surface area contributed by atoms with E-state index in [1.54, 1.807) is 0 Å². The third-order valence-electron chi connectivity index (χ3n) is 15.5. The summed E-state index contributed by atoms with van der Waals surface area (Å²) in [4.78, 5) is 13.2. The van der Waals surface area contributed by atoms with Gasteiger partial charge < -0.3 is 50.5 Å². The molecule has 1 amide bonds. The van der Waals surface area contributed by atoms with E-state index in [0.717, 1.165) is 64.2 Å². The topological polar surface area (TPSA) is 189 Å². The molecule has 1 fully saturated rings. The molecule has 0 aromatic carbocycles. The number of carbonyl (C=O) groups is 1. The summed E-state index contributed by atoms with van der Waals surface area (Å²) in [5.74, 6) is -0.716. The van der Waals surface area contributed by atoms with Crippen LogP contribution in [0, 0.1) is 0 Å². The van der Waals surface area contributed by atoms with Gasteiger partial charge in [-0.15, -0.1) is 0 Å². The maximum absolute atomic E-state index is 13.2. The molecule has 1 rings (SSSR count). The van der Waals surface area contributed by atoms with Gasteiger partial charge in [0.25, 0.3) is 0 Å². The number of unbranched alkanes of at least 4 members (excludes halogenated alkanes) is 34. The standard InChI is InChI=1S/C67H123NO10/c1-3-5-7-9-11-13-15-17-19-21-23-25-27-29-30-31-33-34-36-38-40-42-44-46-48-50-52-54-59(70)62(72)58(57-77-67-65(75)64(74)63(73)61(56-69)78-67)68-66(76)60(71)55-53-51-49-47-45-43-41-39-37-35-32-28-26-24-22-20-18-16-14-12-10-8-6-4-2/h24,26,31-33,35,38,40,46,48,58-65,67,69-75H,3-23,25,27-30,34,36-37,39,41-45,47,49-57H2,1-2H3,(H,68,76)/b26-24-,33-31+,35-32-,40-38+,48-46+. The first-order valence-electron chi connectivity index (χ1n) is 32.7. The molecule has 0 aliphatic carbocycles. The molecule has 78 heavy (non-hydrogen) atoms. The highest BCUT2D eigenvalue weighted by atomic mass is 16.7. The van der Waals surface area contributed by atoms with Crippen LogP contribution in [0.5, 0.6) is 0 Å². The predicted octanol–water partition coefficient (Wildman–Crippen LogP) is 15.0. The Bertz CT molecular complexity index is 1450. The van der Waals surface area contributed by atoms with E-state index in [1.807, 2.05) is 0 Å². The molecule has 456 valence electrons. The van der Waals surface area contributed by atoms with Gasteiger partial charge in [0.1, 0.15) is 36.6 Å². The lowest BCUT2D eigenvalue weighted by molar-refractivity contribution is -0.303. The SMILES string of the molecule is CCCCCCCCCCC/C=C\C/C=C\CCCCCCCCCCC(O)C(=O)NC(COC1OC(CO)C(O)C(O)C1O)C(O)C(O)CCC/C=C/CC/C=C/CC/C=C/CCCCCCCCCCCCCCCC. The zero-order valence-electron chi connectivity index (χ0n) is 50.1. The van der Waals surface area contributed by atoms with E-state index in [-0.39, 0.29) is 12.8 Å². The second-order valence-electron chi connectivity index (χ2n) is 22.8. The minimum atomic E-state index is -1.68. The van der Waals surface area contributed by atoms with Gasteiger partial charge in [0, 0.05) is 0 Å². The third-order valence-corrected chi connectivity index (χ3v) is 15.5. The van der Waals surface area contributed by atoms with Crippen molar-refractivity contribution in [1.82, 2.24) is 5.32 Å². The van der Waals surface area contributed by atoms with Gasteiger partial charge in [-0.2, -0.15) is 0 Å².